The van der Waals surface area contributed by atoms with E-state index in [1.165, 1.54) is 29.6 Å². The van der Waals surface area contributed by atoms with Gasteiger partial charge < -0.3 is 0 Å². The molecule has 0 fully saturated rings. The van der Waals surface area contributed by atoms with Crippen molar-refractivity contribution in [2.45, 2.75) is 0 Å². The van der Waals surface area contributed by atoms with E-state index in [1.54, 1.807) is 34.8 Å². The molecule has 44 heavy (non-hydrogen) atoms. The summed E-state index contributed by atoms with van der Waals surface area (Å²) in [7, 11) is 0. The molecule has 0 N–H and O–H groups in total. The Morgan fingerprint density at radius 2 is 0.886 bits per heavy atom. The average Bonchev–Trinajstić information content (AvgIpc) is 3.64. The van der Waals surface area contributed by atoms with E-state index in [-0.39, 0.29) is 0 Å². The SMILES string of the molecule is N#Cc1ccccc1-c1c(C#N)c(-c2ccc3sc4ccccc4c3c2)cc(-c2ccc3sc4ccccc4c3c2)c1C#N. The fourth-order valence-electron chi connectivity index (χ4n) is 6.23. The van der Waals surface area contributed by atoms with Gasteiger partial charge in [0.1, 0.15) is 12.1 Å². The highest BCUT2D eigenvalue weighted by atomic mass is 32.1. The molecule has 0 aliphatic rings. The summed E-state index contributed by atoms with van der Waals surface area (Å²) >= 11 is 3.49. The highest BCUT2D eigenvalue weighted by Crippen LogP contribution is 2.45. The van der Waals surface area contributed by atoms with Crippen LogP contribution in [0.25, 0.3) is 73.7 Å². The first-order valence-electron chi connectivity index (χ1n) is 14.0. The van der Waals surface area contributed by atoms with Gasteiger partial charge in [-0.1, -0.05) is 66.7 Å². The zero-order chi connectivity index (χ0) is 29.8. The van der Waals surface area contributed by atoms with Crippen molar-refractivity contribution in [2.75, 3.05) is 0 Å². The van der Waals surface area contributed by atoms with Crippen LogP contribution >= 0.6 is 22.7 Å². The Balaban J connectivity index is 1.48. The van der Waals surface area contributed by atoms with Gasteiger partial charge in [0.2, 0.25) is 0 Å². The first kappa shape index (κ1) is 25.9. The van der Waals surface area contributed by atoms with Crippen LogP contribution in [0.1, 0.15) is 16.7 Å². The second kappa shape index (κ2) is 10.2. The maximum absolute atomic E-state index is 10.7. The molecule has 0 radical (unpaired) electrons. The van der Waals surface area contributed by atoms with E-state index in [2.05, 4.69) is 78.9 Å². The molecule has 8 rings (SSSR count). The Hall–Kier alpha value is -5.77. The summed E-state index contributed by atoms with van der Waals surface area (Å²) in [6.07, 6.45) is 0. The lowest BCUT2D eigenvalue weighted by Crippen LogP contribution is -1.99. The van der Waals surface area contributed by atoms with Crippen molar-refractivity contribution in [3.05, 3.63) is 132 Å². The second-order valence-corrected chi connectivity index (χ2v) is 12.8. The molecule has 8 aromatic rings. The van der Waals surface area contributed by atoms with E-state index in [9.17, 15) is 15.8 Å². The van der Waals surface area contributed by atoms with Crippen molar-refractivity contribution in [3.63, 3.8) is 0 Å². The predicted molar refractivity (Wildman–Crippen MR) is 183 cm³/mol. The number of thiophene rings is 2. The zero-order valence-electron chi connectivity index (χ0n) is 23.1. The minimum atomic E-state index is 0.383. The molecule has 0 saturated carbocycles. The van der Waals surface area contributed by atoms with E-state index in [1.807, 2.05) is 42.5 Å². The van der Waals surface area contributed by atoms with E-state index >= 15 is 0 Å². The third kappa shape index (κ3) is 3.91. The fraction of sp³-hybridized carbons (Fsp3) is 0. The van der Waals surface area contributed by atoms with Crippen LogP contribution in [0.5, 0.6) is 0 Å². The largest absolute Gasteiger partial charge is 0.192 e. The number of hydrogen-bond acceptors (Lipinski definition) is 5. The minimum absolute atomic E-state index is 0.383. The van der Waals surface area contributed by atoms with Crippen molar-refractivity contribution in [1.29, 1.82) is 15.8 Å². The Morgan fingerprint density at radius 1 is 0.409 bits per heavy atom. The van der Waals surface area contributed by atoms with Crippen LogP contribution in [0.2, 0.25) is 0 Å². The highest BCUT2D eigenvalue weighted by molar-refractivity contribution is 7.26. The molecule has 0 saturated heterocycles. The summed E-state index contributed by atoms with van der Waals surface area (Å²) in [6, 6.07) is 45.7. The molecule has 0 spiro atoms. The molecule has 5 heteroatoms. The van der Waals surface area contributed by atoms with Crippen LogP contribution in [0, 0.1) is 34.0 Å². The smallest absolute Gasteiger partial charge is 0.100 e. The molecule has 0 aliphatic heterocycles. The number of benzene rings is 6. The van der Waals surface area contributed by atoms with E-state index in [4.69, 9.17) is 0 Å². The third-order valence-electron chi connectivity index (χ3n) is 8.24. The number of nitriles is 3. The molecular weight excluding hydrogens is 575 g/mol. The molecule has 202 valence electrons. The molecule has 2 aromatic heterocycles. The van der Waals surface area contributed by atoms with Crippen LogP contribution in [0.4, 0.5) is 0 Å². The predicted octanol–water partition coefficient (Wildman–Crippen LogP) is 11.0. The molecule has 0 atom stereocenters. The quantitative estimate of drug-likeness (QED) is 0.205. The van der Waals surface area contributed by atoms with Crippen LogP contribution in [0.3, 0.4) is 0 Å². The first-order valence-corrected chi connectivity index (χ1v) is 15.7. The average molecular weight is 594 g/mol. The number of hydrogen-bond donors (Lipinski definition) is 0. The Labute approximate surface area is 261 Å². The summed E-state index contributed by atoms with van der Waals surface area (Å²) in [5.74, 6) is 0. The van der Waals surface area contributed by atoms with E-state index < -0.39 is 0 Å². The Bertz CT molecular complexity index is 2450. The maximum Gasteiger partial charge on any atom is 0.100 e. The van der Waals surface area contributed by atoms with Gasteiger partial charge in [-0.3, -0.25) is 0 Å². The minimum Gasteiger partial charge on any atom is -0.192 e. The fourth-order valence-corrected chi connectivity index (χ4v) is 8.40. The van der Waals surface area contributed by atoms with Gasteiger partial charge in [-0.05, 0) is 59.7 Å². The van der Waals surface area contributed by atoms with Crippen LogP contribution in [-0.4, -0.2) is 0 Å². The van der Waals surface area contributed by atoms with Gasteiger partial charge in [-0.2, -0.15) is 15.8 Å². The summed E-state index contributed by atoms with van der Waals surface area (Å²) < 4.78 is 4.76. The van der Waals surface area contributed by atoms with E-state index in [0.717, 1.165) is 33.0 Å². The standard InChI is InChI=1S/C39H19N3S2/c40-20-25-7-1-2-8-26(25)39-33(21-41)29(23-13-15-37-31(17-23)27-9-3-5-11-35(27)43-37)19-30(34(39)22-42)24-14-16-38-32(18-24)28-10-4-6-12-36(28)44-38/h1-19H. The van der Waals surface area contributed by atoms with Gasteiger partial charge in [-0.25, -0.2) is 0 Å². The van der Waals surface area contributed by atoms with Crippen molar-refractivity contribution in [2.24, 2.45) is 0 Å². The molecule has 2 heterocycles. The van der Waals surface area contributed by atoms with Gasteiger partial charge in [0, 0.05) is 62.6 Å². The lowest BCUT2D eigenvalue weighted by atomic mass is 9.82. The lowest BCUT2D eigenvalue weighted by molar-refractivity contribution is 1.42. The first-order chi connectivity index (χ1) is 21.7. The summed E-state index contributed by atoms with van der Waals surface area (Å²) in [6.45, 7) is 0. The Morgan fingerprint density at radius 3 is 1.41 bits per heavy atom. The van der Waals surface area contributed by atoms with Gasteiger partial charge in [-0.15, -0.1) is 22.7 Å². The summed E-state index contributed by atoms with van der Waals surface area (Å²) in [4.78, 5) is 0. The highest BCUT2D eigenvalue weighted by Gasteiger charge is 2.24. The third-order valence-corrected chi connectivity index (χ3v) is 10.5. The van der Waals surface area contributed by atoms with Crippen molar-refractivity contribution < 1.29 is 0 Å². The lowest BCUT2D eigenvalue weighted by Gasteiger charge is -2.18. The maximum atomic E-state index is 10.7. The molecule has 6 aromatic carbocycles. The number of nitrogens with zero attached hydrogens (tertiary/aromatic N) is 3. The van der Waals surface area contributed by atoms with Gasteiger partial charge in [0.15, 0.2) is 0 Å². The monoisotopic (exact) mass is 593 g/mol. The van der Waals surface area contributed by atoms with Crippen LogP contribution in [-0.2, 0) is 0 Å². The molecule has 0 amide bonds. The normalized spacial score (nSPS) is 11.1. The van der Waals surface area contributed by atoms with Crippen molar-refractivity contribution in [3.8, 4) is 51.6 Å². The topological polar surface area (TPSA) is 71.4 Å². The molecule has 0 aliphatic carbocycles. The van der Waals surface area contributed by atoms with E-state index in [0.29, 0.717) is 27.8 Å². The van der Waals surface area contributed by atoms with Crippen LogP contribution < -0.4 is 0 Å². The van der Waals surface area contributed by atoms with Crippen LogP contribution in [0.15, 0.2) is 115 Å². The van der Waals surface area contributed by atoms with Gasteiger partial charge in [0.05, 0.1) is 22.8 Å². The number of rotatable bonds is 3. The van der Waals surface area contributed by atoms with Crippen molar-refractivity contribution in [1.82, 2.24) is 0 Å². The molecule has 0 unspecified atom stereocenters. The van der Waals surface area contributed by atoms with Gasteiger partial charge in [0.25, 0.3) is 0 Å². The van der Waals surface area contributed by atoms with Gasteiger partial charge >= 0.3 is 0 Å². The molecular formula is C39H19N3S2. The second-order valence-electron chi connectivity index (χ2n) is 10.6. The summed E-state index contributed by atoms with van der Waals surface area (Å²) in [5.41, 5.74) is 5.50. The Kier molecular flexibility index (Phi) is 6.00. The van der Waals surface area contributed by atoms with Crippen molar-refractivity contribution >= 4 is 63.0 Å². The molecule has 3 nitrogen and oxygen atoms in total. The zero-order valence-corrected chi connectivity index (χ0v) is 24.8. The molecule has 0 bridgehead atoms. The summed E-state index contributed by atoms with van der Waals surface area (Å²) in [5, 5.41) is 36.1. The number of fused-ring (bicyclic) bond motifs is 6.